The maximum atomic E-state index is 12.4. The molecule has 3 rings (SSSR count). The van der Waals surface area contributed by atoms with E-state index in [4.69, 9.17) is 9.47 Å². The van der Waals surface area contributed by atoms with Crippen LogP contribution < -0.4 is 0 Å². The van der Waals surface area contributed by atoms with Crippen molar-refractivity contribution in [3.05, 3.63) is 83.9 Å². The number of methoxy groups -OCH3 is 2. The topological polar surface area (TPSA) is 35.5 Å². The average molecular weight is 308 g/mol. The van der Waals surface area contributed by atoms with Crippen LogP contribution in [0.5, 0.6) is 0 Å². The summed E-state index contributed by atoms with van der Waals surface area (Å²) in [6.07, 6.45) is 3.95. The lowest BCUT2D eigenvalue weighted by atomic mass is 9.74. The summed E-state index contributed by atoms with van der Waals surface area (Å²) < 4.78 is 11.1. The maximum absolute atomic E-state index is 12.4. The molecule has 1 aliphatic carbocycles. The minimum atomic E-state index is -0.796. The molecule has 0 unspecified atom stereocenters. The Bertz CT molecular complexity index is 693. The minimum absolute atomic E-state index is 0.0554. The third-order valence-electron chi connectivity index (χ3n) is 4.60. The molecule has 0 amide bonds. The molecule has 3 atom stereocenters. The fraction of sp³-hybridized carbons (Fsp3) is 0.250. The van der Waals surface area contributed by atoms with Crippen molar-refractivity contribution in [2.45, 2.75) is 11.5 Å². The third-order valence-corrected chi connectivity index (χ3v) is 4.60. The number of hydrogen-bond donors (Lipinski definition) is 0. The van der Waals surface area contributed by atoms with Gasteiger partial charge in [-0.25, -0.2) is 0 Å². The van der Waals surface area contributed by atoms with Gasteiger partial charge in [-0.2, -0.15) is 0 Å². The van der Waals surface area contributed by atoms with Gasteiger partial charge >= 0.3 is 5.97 Å². The highest BCUT2D eigenvalue weighted by atomic mass is 16.5. The van der Waals surface area contributed by atoms with Crippen LogP contribution in [0.4, 0.5) is 0 Å². The van der Waals surface area contributed by atoms with Gasteiger partial charge in [-0.3, -0.25) is 4.79 Å². The Labute approximate surface area is 136 Å². The molecule has 3 nitrogen and oxygen atoms in total. The largest absolute Gasteiger partial charge is 0.468 e. The van der Waals surface area contributed by atoms with Crippen molar-refractivity contribution in [2.75, 3.05) is 14.2 Å². The van der Waals surface area contributed by atoms with Gasteiger partial charge in [-0.1, -0.05) is 72.8 Å². The van der Waals surface area contributed by atoms with Gasteiger partial charge in [-0.15, -0.1) is 0 Å². The second kappa shape index (κ2) is 6.39. The Morgan fingerprint density at radius 3 is 2.09 bits per heavy atom. The molecule has 0 aliphatic heterocycles. The zero-order chi connectivity index (χ0) is 16.3. The molecule has 3 heteroatoms. The molecule has 0 aromatic heterocycles. The number of carbonyl (C=O) groups is 1. The predicted molar refractivity (Wildman–Crippen MR) is 89.0 cm³/mol. The van der Waals surface area contributed by atoms with Crippen LogP contribution in [0.15, 0.2) is 72.8 Å². The normalized spacial score (nSPS) is 26.2. The number of ether oxygens (including phenoxy) is 2. The van der Waals surface area contributed by atoms with Crippen LogP contribution in [0.25, 0.3) is 0 Å². The summed E-state index contributed by atoms with van der Waals surface area (Å²) in [6, 6.07) is 20.0. The van der Waals surface area contributed by atoms with Crippen LogP contribution in [-0.4, -0.2) is 20.2 Å². The van der Waals surface area contributed by atoms with E-state index in [1.807, 2.05) is 60.7 Å². The molecule has 2 aromatic rings. The van der Waals surface area contributed by atoms with Crippen molar-refractivity contribution in [1.29, 1.82) is 0 Å². The summed E-state index contributed by atoms with van der Waals surface area (Å²) in [5.74, 6) is -0.823. The Morgan fingerprint density at radius 2 is 1.52 bits per heavy atom. The number of hydrogen-bond acceptors (Lipinski definition) is 3. The van der Waals surface area contributed by atoms with Crippen molar-refractivity contribution < 1.29 is 14.3 Å². The summed E-state index contributed by atoms with van der Waals surface area (Å²) in [6.45, 7) is 0. The van der Waals surface area contributed by atoms with Crippen molar-refractivity contribution in [1.82, 2.24) is 0 Å². The number of rotatable bonds is 4. The first kappa shape index (κ1) is 15.5. The molecular formula is C20H20O3. The Hall–Kier alpha value is -2.39. The molecule has 0 saturated carbocycles. The Morgan fingerprint density at radius 1 is 0.913 bits per heavy atom. The zero-order valence-electron chi connectivity index (χ0n) is 13.3. The number of carbonyl (C=O) groups excluding carboxylic acids is 1. The van der Waals surface area contributed by atoms with Crippen molar-refractivity contribution >= 4 is 5.97 Å². The van der Waals surface area contributed by atoms with Gasteiger partial charge in [0.1, 0.15) is 11.5 Å². The molecule has 0 fully saturated rings. The first-order valence-corrected chi connectivity index (χ1v) is 7.65. The highest BCUT2D eigenvalue weighted by molar-refractivity contribution is 5.78. The SMILES string of the molecule is COC(=O)[C@H]1C=C[C@H](c2ccccc2)[C@@]1(OC)c1ccccc1. The highest BCUT2D eigenvalue weighted by Crippen LogP contribution is 2.51. The smallest absolute Gasteiger partial charge is 0.315 e. The van der Waals surface area contributed by atoms with Crippen LogP contribution in [0, 0.1) is 5.92 Å². The molecule has 0 radical (unpaired) electrons. The van der Waals surface area contributed by atoms with Crippen molar-refractivity contribution in [2.24, 2.45) is 5.92 Å². The van der Waals surface area contributed by atoms with Gasteiger partial charge in [0.05, 0.1) is 7.11 Å². The molecule has 0 bridgehead atoms. The molecule has 2 aromatic carbocycles. The van der Waals surface area contributed by atoms with E-state index in [9.17, 15) is 4.79 Å². The lowest BCUT2D eigenvalue weighted by molar-refractivity contribution is -0.155. The predicted octanol–water partition coefficient (Wildman–Crippen LogP) is 3.67. The summed E-state index contributed by atoms with van der Waals surface area (Å²) in [4.78, 5) is 12.4. The van der Waals surface area contributed by atoms with Crippen LogP contribution in [0.3, 0.4) is 0 Å². The van der Waals surface area contributed by atoms with Gasteiger partial charge in [0, 0.05) is 13.0 Å². The summed E-state index contributed by atoms with van der Waals surface area (Å²) in [5, 5.41) is 0. The van der Waals surface area contributed by atoms with Crippen molar-refractivity contribution in [3.8, 4) is 0 Å². The van der Waals surface area contributed by atoms with E-state index in [2.05, 4.69) is 12.1 Å². The molecular weight excluding hydrogens is 288 g/mol. The fourth-order valence-electron chi connectivity index (χ4n) is 3.53. The standard InChI is InChI=1S/C20H20O3/c1-22-19(21)18-14-13-17(15-9-5-3-6-10-15)20(18,23-2)16-11-7-4-8-12-16/h3-14,17-18H,1-2H3/t17-,18-,20+/m1/s1. The van der Waals surface area contributed by atoms with E-state index in [0.29, 0.717) is 0 Å². The first-order chi connectivity index (χ1) is 11.2. The lowest BCUT2D eigenvalue weighted by Gasteiger charge is -2.39. The summed E-state index contributed by atoms with van der Waals surface area (Å²) >= 11 is 0. The van der Waals surface area contributed by atoms with Gasteiger partial charge in [0.2, 0.25) is 0 Å². The second-order valence-corrected chi connectivity index (χ2v) is 5.64. The van der Waals surface area contributed by atoms with Crippen LogP contribution in [0.2, 0.25) is 0 Å². The molecule has 0 N–H and O–H groups in total. The zero-order valence-corrected chi connectivity index (χ0v) is 13.3. The van der Waals surface area contributed by atoms with E-state index in [-0.39, 0.29) is 11.9 Å². The average Bonchev–Trinajstić information content (AvgIpc) is 3.03. The van der Waals surface area contributed by atoms with Crippen LogP contribution in [-0.2, 0) is 19.9 Å². The fourth-order valence-corrected chi connectivity index (χ4v) is 3.53. The molecule has 0 saturated heterocycles. The first-order valence-electron chi connectivity index (χ1n) is 7.65. The second-order valence-electron chi connectivity index (χ2n) is 5.64. The minimum Gasteiger partial charge on any atom is -0.468 e. The lowest BCUT2D eigenvalue weighted by Crippen LogP contribution is -2.42. The van der Waals surface area contributed by atoms with Crippen LogP contribution in [0.1, 0.15) is 17.0 Å². The van der Waals surface area contributed by atoms with Crippen molar-refractivity contribution in [3.63, 3.8) is 0 Å². The maximum Gasteiger partial charge on any atom is 0.315 e. The highest BCUT2D eigenvalue weighted by Gasteiger charge is 2.53. The monoisotopic (exact) mass is 308 g/mol. The molecule has 23 heavy (non-hydrogen) atoms. The van der Waals surface area contributed by atoms with Gasteiger partial charge < -0.3 is 9.47 Å². The molecule has 0 heterocycles. The van der Waals surface area contributed by atoms with Gasteiger partial charge in [-0.05, 0) is 11.1 Å². The van der Waals surface area contributed by atoms with E-state index in [0.717, 1.165) is 11.1 Å². The Balaban J connectivity index is 2.17. The quantitative estimate of drug-likeness (QED) is 0.638. The van der Waals surface area contributed by atoms with Gasteiger partial charge in [0.15, 0.2) is 0 Å². The summed E-state index contributed by atoms with van der Waals surface area (Å²) in [7, 11) is 3.07. The molecule has 1 aliphatic rings. The number of esters is 1. The molecule has 118 valence electrons. The van der Waals surface area contributed by atoms with E-state index >= 15 is 0 Å². The van der Waals surface area contributed by atoms with E-state index in [1.54, 1.807) is 7.11 Å². The van der Waals surface area contributed by atoms with Crippen LogP contribution >= 0.6 is 0 Å². The number of benzene rings is 2. The van der Waals surface area contributed by atoms with E-state index < -0.39 is 11.5 Å². The Kier molecular flexibility index (Phi) is 4.30. The third kappa shape index (κ3) is 2.47. The summed E-state index contributed by atoms with van der Waals surface area (Å²) in [5.41, 5.74) is 1.29. The van der Waals surface area contributed by atoms with E-state index in [1.165, 1.54) is 7.11 Å². The van der Waals surface area contributed by atoms with Gasteiger partial charge in [0.25, 0.3) is 0 Å². The molecule has 0 spiro atoms.